The Balaban J connectivity index is 1.51. The second-order valence-electron chi connectivity index (χ2n) is 14.2. The van der Waals surface area contributed by atoms with Gasteiger partial charge >= 0.3 is 0 Å². The van der Waals surface area contributed by atoms with E-state index in [1.807, 2.05) is 13.8 Å². The van der Waals surface area contributed by atoms with E-state index in [9.17, 15) is 23.1 Å². The Kier molecular flexibility index (Phi) is 6.29. The van der Waals surface area contributed by atoms with Crippen molar-refractivity contribution < 1.29 is 27.7 Å². The predicted molar refractivity (Wildman–Crippen MR) is 150 cm³/mol. The number of nitrogens with one attached hydrogen (secondary N) is 1. The summed E-state index contributed by atoms with van der Waals surface area (Å²) in [5.74, 6) is -0.818. The molecule has 214 valence electrons. The number of hydrogen-bond donors (Lipinski definition) is 3. The number of aliphatic hydroxyl groups is 1. The van der Waals surface area contributed by atoms with Crippen molar-refractivity contribution in [3.63, 3.8) is 0 Å². The molecule has 3 N–H and O–H groups in total. The maximum absolute atomic E-state index is 13.4. The van der Waals surface area contributed by atoms with Crippen molar-refractivity contribution in [2.45, 2.75) is 86.5 Å². The summed E-state index contributed by atoms with van der Waals surface area (Å²) in [5, 5.41) is 13.1. The number of rotatable bonds is 4. The summed E-state index contributed by atoms with van der Waals surface area (Å²) in [5.41, 5.74) is 2.97. The van der Waals surface area contributed by atoms with Crippen LogP contribution in [0.3, 0.4) is 0 Å². The van der Waals surface area contributed by atoms with Crippen molar-refractivity contribution in [1.82, 2.24) is 5.32 Å². The van der Waals surface area contributed by atoms with Crippen molar-refractivity contribution in [1.29, 1.82) is 0 Å². The van der Waals surface area contributed by atoms with Crippen molar-refractivity contribution >= 4 is 21.8 Å². The first-order valence-corrected chi connectivity index (χ1v) is 15.8. The summed E-state index contributed by atoms with van der Waals surface area (Å²) in [7, 11) is -4.14. The molecule has 1 unspecified atom stereocenters. The molecule has 0 aromatic carbocycles. The average Bonchev–Trinajstić information content (AvgIpc) is 2.85. The van der Waals surface area contributed by atoms with Crippen LogP contribution in [0, 0.1) is 33.0 Å². The number of amides is 1. The molecule has 39 heavy (non-hydrogen) atoms. The van der Waals surface area contributed by atoms with E-state index >= 15 is 0 Å². The van der Waals surface area contributed by atoms with E-state index in [4.69, 9.17) is 4.55 Å². The van der Waals surface area contributed by atoms with Crippen LogP contribution in [0.1, 0.15) is 86.5 Å². The van der Waals surface area contributed by atoms with Crippen LogP contribution in [0.5, 0.6) is 0 Å². The van der Waals surface area contributed by atoms with Gasteiger partial charge in [-0.1, -0.05) is 52.3 Å². The van der Waals surface area contributed by atoms with E-state index in [1.165, 1.54) is 5.57 Å². The summed E-state index contributed by atoms with van der Waals surface area (Å²) >= 11 is 0. The smallest absolute Gasteiger partial charge is 0.266 e. The van der Waals surface area contributed by atoms with Gasteiger partial charge in [0.1, 0.15) is 0 Å². The van der Waals surface area contributed by atoms with E-state index in [1.54, 1.807) is 6.08 Å². The summed E-state index contributed by atoms with van der Waals surface area (Å²) in [6, 6.07) is 0. The van der Waals surface area contributed by atoms with Gasteiger partial charge in [0.15, 0.2) is 5.76 Å². The molecule has 0 bridgehead atoms. The Morgan fingerprint density at radius 3 is 2.36 bits per heavy atom. The van der Waals surface area contributed by atoms with Crippen molar-refractivity contribution in [3.05, 3.63) is 46.3 Å². The second-order valence-corrected chi connectivity index (χ2v) is 15.7. The third-order valence-electron chi connectivity index (χ3n) is 12.1. The van der Waals surface area contributed by atoms with Crippen molar-refractivity contribution in [2.75, 3.05) is 12.3 Å². The minimum atomic E-state index is -4.14. The van der Waals surface area contributed by atoms with Crippen LogP contribution in [0.25, 0.3) is 0 Å². The number of aliphatic hydroxyl groups excluding tert-OH is 1. The van der Waals surface area contributed by atoms with E-state index in [2.05, 4.69) is 45.2 Å². The van der Waals surface area contributed by atoms with Crippen LogP contribution >= 0.6 is 0 Å². The summed E-state index contributed by atoms with van der Waals surface area (Å²) in [4.78, 5) is 26.1. The van der Waals surface area contributed by atoms with Gasteiger partial charge in [-0.2, -0.15) is 8.42 Å². The molecule has 7 nitrogen and oxygen atoms in total. The van der Waals surface area contributed by atoms with Gasteiger partial charge < -0.3 is 10.4 Å². The predicted octanol–water partition coefficient (Wildman–Crippen LogP) is 5.62. The van der Waals surface area contributed by atoms with Gasteiger partial charge in [-0.3, -0.25) is 14.1 Å². The fourth-order valence-electron chi connectivity index (χ4n) is 9.17. The van der Waals surface area contributed by atoms with Gasteiger partial charge in [-0.25, -0.2) is 0 Å². The zero-order chi connectivity index (χ0) is 28.8. The Labute approximate surface area is 232 Å². The lowest BCUT2D eigenvalue weighted by atomic mass is 9.34. The molecular formula is C31H43NO6S. The Bertz CT molecular complexity index is 1390. The van der Waals surface area contributed by atoms with Crippen LogP contribution in [0.4, 0.5) is 0 Å². The maximum atomic E-state index is 13.4. The first-order valence-electron chi connectivity index (χ1n) is 14.2. The monoisotopic (exact) mass is 557 g/mol. The number of ketones is 1. The largest absolute Gasteiger partial charge is 0.504 e. The molecule has 0 aromatic rings. The lowest BCUT2D eigenvalue weighted by molar-refractivity contribution is -0.169. The Morgan fingerprint density at radius 1 is 1.03 bits per heavy atom. The Morgan fingerprint density at radius 2 is 1.69 bits per heavy atom. The number of fused-ring (bicyclic) bond motifs is 7. The molecule has 0 spiro atoms. The maximum Gasteiger partial charge on any atom is 0.266 e. The highest BCUT2D eigenvalue weighted by atomic mass is 32.2. The molecule has 8 heteroatoms. The van der Waals surface area contributed by atoms with Gasteiger partial charge in [0.25, 0.3) is 10.1 Å². The topological polar surface area (TPSA) is 121 Å². The molecule has 1 amide bonds. The number of carbonyl (C=O) groups is 2. The van der Waals surface area contributed by atoms with Gasteiger partial charge in [0.2, 0.25) is 11.7 Å². The second kappa shape index (κ2) is 8.65. The third-order valence-corrected chi connectivity index (χ3v) is 12.8. The molecule has 6 atom stereocenters. The summed E-state index contributed by atoms with van der Waals surface area (Å²) in [6.07, 6.45) is 12.4. The normalized spacial score (nSPS) is 41.8. The van der Waals surface area contributed by atoms with Gasteiger partial charge in [0.05, 0.1) is 5.75 Å². The SMILES string of the molecule is CC1=C(O)C(=O)C=C2C1=CC=C1C3(C)CC[C@@]4(C)CC[C@@](C)(C(=O)NCCS(=O)(=O)O)C[C@H]4[C@]3(C)CC[C@@]21C. The Hall–Kier alpha value is -2.19. The number of carbonyl (C=O) groups excluding carboxylic acids is 2. The van der Waals surface area contributed by atoms with Crippen LogP contribution in [-0.4, -0.2) is 42.1 Å². The first kappa shape index (κ1) is 28.3. The van der Waals surface area contributed by atoms with Crippen molar-refractivity contribution in [2.24, 2.45) is 33.0 Å². The van der Waals surface area contributed by atoms with Gasteiger partial charge in [0, 0.05) is 22.9 Å². The molecule has 3 saturated carbocycles. The van der Waals surface area contributed by atoms with E-state index in [0.29, 0.717) is 11.5 Å². The van der Waals surface area contributed by atoms with Crippen LogP contribution in [-0.2, 0) is 19.7 Å². The fraction of sp³-hybridized carbons (Fsp3) is 0.677. The van der Waals surface area contributed by atoms with E-state index in [-0.39, 0.29) is 45.7 Å². The average molecular weight is 558 g/mol. The zero-order valence-electron chi connectivity index (χ0n) is 24.1. The minimum absolute atomic E-state index is 0.0701. The van der Waals surface area contributed by atoms with E-state index in [0.717, 1.165) is 56.1 Å². The molecule has 5 aliphatic rings. The third kappa shape index (κ3) is 4.03. The van der Waals surface area contributed by atoms with Crippen molar-refractivity contribution in [3.8, 4) is 0 Å². The molecule has 3 fully saturated rings. The van der Waals surface area contributed by atoms with Gasteiger partial charge in [-0.15, -0.1) is 0 Å². The highest BCUT2D eigenvalue weighted by molar-refractivity contribution is 7.85. The molecule has 5 rings (SSSR count). The molecular weight excluding hydrogens is 514 g/mol. The lowest BCUT2D eigenvalue weighted by Crippen LogP contribution is -2.62. The summed E-state index contributed by atoms with van der Waals surface area (Å²) in [6.45, 7) is 13.2. The highest BCUT2D eigenvalue weighted by Crippen LogP contribution is 2.75. The molecule has 0 heterocycles. The lowest BCUT2D eigenvalue weighted by Gasteiger charge is -2.70. The fourth-order valence-corrected chi connectivity index (χ4v) is 9.53. The molecule has 5 aliphatic carbocycles. The van der Waals surface area contributed by atoms with Crippen LogP contribution in [0.15, 0.2) is 46.3 Å². The minimum Gasteiger partial charge on any atom is -0.504 e. The number of allylic oxidation sites excluding steroid dienone is 7. The first-order chi connectivity index (χ1) is 17.9. The van der Waals surface area contributed by atoms with Crippen LogP contribution < -0.4 is 5.32 Å². The molecule has 0 aliphatic heterocycles. The molecule has 0 aromatic heterocycles. The number of hydrogen-bond acceptors (Lipinski definition) is 5. The van der Waals surface area contributed by atoms with E-state index < -0.39 is 21.3 Å². The highest BCUT2D eigenvalue weighted by Gasteiger charge is 2.67. The summed E-state index contributed by atoms with van der Waals surface area (Å²) < 4.78 is 31.4. The zero-order valence-corrected chi connectivity index (χ0v) is 24.9. The van der Waals surface area contributed by atoms with Crippen LogP contribution in [0.2, 0.25) is 0 Å². The quantitative estimate of drug-likeness (QED) is 0.386. The molecule has 0 saturated heterocycles. The molecule has 0 radical (unpaired) electrons. The standard InChI is InChI=1S/C31H43NO6S/c1-19-20-7-8-23-29(4,21(20)17-22(33)25(19)34)12-14-31(6)24-18-28(3,26(35)32-15-16-39(36,37)38)10-9-27(24,2)11-13-30(23,31)5/h7-8,17,24,34H,9-16,18H2,1-6H3,(H,32,35)(H,36,37,38)/t24-,27-,28-,29+,30?,31+/m1/s1. The van der Waals surface area contributed by atoms with Gasteiger partial charge in [-0.05, 0) is 91.3 Å².